The van der Waals surface area contributed by atoms with E-state index in [1.54, 1.807) is 24.5 Å². The van der Waals surface area contributed by atoms with Gasteiger partial charge in [-0.1, -0.05) is 62.1 Å². The van der Waals surface area contributed by atoms with Crippen LogP contribution in [0.25, 0.3) is 0 Å². The summed E-state index contributed by atoms with van der Waals surface area (Å²) in [5, 5.41) is 5.09. The standard InChI is InChI=1S/C26H34N4O6/c1-21(34-20-22-12-7-6-8-13-22)28-16-9-4-2-3-5-10-17-29-26(33)30(36-25(32)24(31)35-29)19-23-14-11-15-27-18-23/h6-8,11-15,18,21,28H,2-5,9-10,16-17,19-20H2,1H3. The highest BCUT2D eigenvalue weighted by atomic mass is 16.8. The molecule has 1 saturated heterocycles. The van der Waals surface area contributed by atoms with Crippen LogP contribution in [0.1, 0.15) is 56.6 Å². The Hall–Kier alpha value is -3.50. The molecule has 2 aromatic rings. The third-order valence-corrected chi connectivity index (χ3v) is 5.59. The fourth-order valence-corrected chi connectivity index (χ4v) is 3.62. The summed E-state index contributed by atoms with van der Waals surface area (Å²) in [6, 6.07) is 12.8. The molecule has 1 aliphatic rings. The van der Waals surface area contributed by atoms with Gasteiger partial charge in [0.15, 0.2) is 0 Å². The van der Waals surface area contributed by atoms with Crippen LogP contribution in [0, 0.1) is 0 Å². The molecule has 3 rings (SSSR count). The molecule has 1 aromatic heterocycles. The van der Waals surface area contributed by atoms with Crippen molar-refractivity contribution in [3.63, 3.8) is 0 Å². The minimum Gasteiger partial charge on any atom is -0.359 e. The van der Waals surface area contributed by atoms with Gasteiger partial charge in [-0.15, -0.1) is 5.06 Å². The van der Waals surface area contributed by atoms with E-state index in [1.165, 1.54) is 0 Å². The van der Waals surface area contributed by atoms with Gasteiger partial charge in [0.25, 0.3) is 0 Å². The lowest BCUT2D eigenvalue weighted by Crippen LogP contribution is -2.41. The third kappa shape index (κ3) is 9.27. The van der Waals surface area contributed by atoms with Crippen molar-refractivity contribution in [3.8, 4) is 0 Å². The molecule has 1 fully saturated rings. The zero-order valence-corrected chi connectivity index (χ0v) is 20.6. The largest absolute Gasteiger partial charge is 0.444 e. The summed E-state index contributed by atoms with van der Waals surface area (Å²) < 4.78 is 5.80. The Balaban J connectivity index is 1.27. The van der Waals surface area contributed by atoms with E-state index >= 15 is 0 Å². The number of hydroxylamine groups is 4. The van der Waals surface area contributed by atoms with Crippen molar-refractivity contribution in [1.29, 1.82) is 0 Å². The smallest absolute Gasteiger partial charge is 0.359 e. The van der Waals surface area contributed by atoms with Crippen LogP contribution in [0.4, 0.5) is 4.79 Å². The Morgan fingerprint density at radius 2 is 1.53 bits per heavy atom. The first kappa shape index (κ1) is 27.1. The molecule has 0 spiro atoms. The summed E-state index contributed by atoms with van der Waals surface area (Å²) in [7, 11) is 0. The number of ether oxygens (including phenoxy) is 1. The molecule has 1 atom stereocenters. The van der Waals surface area contributed by atoms with Gasteiger partial charge >= 0.3 is 18.0 Å². The number of hydrogen-bond donors (Lipinski definition) is 1. The molecule has 10 heteroatoms. The molecule has 2 amide bonds. The lowest BCUT2D eigenvalue weighted by Gasteiger charge is -2.23. The summed E-state index contributed by atoms with van der Waals surface area (Å²) in [6.45, 7) is 3.63. The van der Waals surface area contributed by atoms with Crippen molar-refractivity contribution in [2.24, 2.45) is 0 Å². The number of urea groups is 1. The average Bonchev–Trinajstić information content (AvgIpc) is 2.99. The second-order valence-electron chi connectivity index (χ2n) is 8.55. The molecular weight excluding hydrogens is 464 g/mol. The molecule has 36 heavy (non-hydrogen) atoms. The summed E-state index contributed by atoms with van der Waals surface area (Å²) in [4.78, 5) is 50.1. The fraction of sp³-hybridized carbons (Fsp3) is 0.462. The molecule has 194 valence electrons. The van der Waals surface area contributed by atoms with Crippen LogP contribution in [0.15, 0.2) is 54.9 Å². The Morgan fingerprint density at radius 1 is 0.861 bits per heavy atom. The molecule has 1 unspecified atom stereocenters. The highest BCUT2D eigenvalue weighted by molar-refractivity contribution is 6.30. The van der Waals surface area contributed by atoms with Crippen molar-refractivity contribution >= 4 is 18.0 Å². The first-order valence-corrected chi connectivity index (χ1v) is 12.3. The molecule has 2 heterocycles. The maximum atomic E-state index is 12.7. The van der Waals surface area contributed by atoms with E-state index < -0.39 is 18.0 Å². The van der Waals surface area contributed by atoms with E-state index in [2.05, 4.69) is 10.3 Å². The second kappa shape index (κ2) is 14.8. The maximum absolute atomic E-state index is 12.7. The number of carbonyl (C=O) groups excluding carboxylic acids is 3. The maximum Gasteiger partial charge on any atom is 0.444 e. The molecule has 0 aliphatic carbocycles. The van der Waals surface area contributed by atoms with Crippen LogP contribution >= 0.6 is 0 Å². The minimum atomic E-state index is -1.23. The van der Waals surface area contributed by atoms with E-state index in [0.29, 0.717) is 18.6 Å². The average molecular weight is 499 g/mol. The van der Waals surface area contributed by atoms with Gasteiger partial charge in [-0.2, -0.15) is 5.06 Å². The van der Waals surface area contributed by atoms with Crippen LogP contribution in [0.5, 0.6) is 0 Å². The quantitative estimate of drug-likeness (QED) is 0.225. The number of aromatic nitrogens is 1. The molecule has 0 bridgehead atoms. The molecular formula is C26H34N4O6. The fourth-order valence-electron chi connectivity index (χ4n) is 3.62. The lowest BCUT2D eigenvalue weighted by molar-refractivity contribution is -0.188. The van der Waals surface area contributed by atoms with Crippen molar-refractivity contribution in [1.82, 2.24) is 20.4 Å². The van der Waals surface area contributed by atoms with Crippen molar-refractivity contribution in [2.45, 2.75) is 64.8 Å². The molecule has 0 radical (unpaired) electrons. The van der Waals surface area contributed by atoms with E-state index in [0.717, 1.165) is 54.3 Å². The first-order valence-electron chi connectivity index (χ1n) is 12.3. The Labute approximate surface area is 211 Å². The van der Waals surface area contributed by atoms with Crippen LogP contribution in [-0.2, 0) is 37.2 Å². The topological polar surface area (TPSA) is 110 Å². The van der Waals surface area contributed by atoms with Crippen molar-refractivity contribution < 1.29 is 28.8 Å². The second-order valence-corrected chi connectivity index (χ2v) is 8.55. The van der Waals surface area contributed by atoms with Gasteiger partial charge in [0.05, 0.1) is 19.7 Å². The highest BCUT2D eigenvalue weighted by Gasteiger charge is 2.36. The Bertz CT molecular complexity index is 959. The zero-order chi connectivity index (χ0) is 25.6. The van der Waals surface area contributed by atoms with Gasteiger partial charge in [0.1, 0.15) is 6.23 Å². The van der Waals surface area contributed by atoms with Crippen LogP contribution in [0.3, 0.4) is 0 Å². The highest BCUT2D eigenvalue weighted by Crippen LogP contribution is 2.14. The number of carbonyl (C=O) groups is 3. The first-order chi connectivity index (χ1) is 17.5. The number of unbranched alkanes of at least 4 members (excludes halogenated alkanes) is 5. The normalized spacial score (nSPS) is 14.9. The van der Waals surface area contributed by atoms with Gasteiger partial charge in [-0.3, -0.25) is 10.3 Å². The number of nitrogens with one attached hydrogen (secondary N) is 1. The minimum absolute atomic E-state index is 0.00680. The predicted molar refractivity (Wildman–Crippen MR) is 130 cm³/mol. The Morgan fingerprint density at radius 3 is 2.25 bits per heavy atom. The van der Waals surface area contributed by atoms with Crippen molar-refractivity contribution in [3.05, 3.63) is 66.0 Å². The summed E-state index contributed by atoms with van der Waals surface area (Å²) in [5.41, 5.74) is 1.81. The molecule has 0 saturated carbocycles. The lowest BCUT2D eigenvalue weighted by atomic mass is 10.1. The third-order valence-electron chi connectivity index (χ3n) is 5.59. The van der Waals surface area contributed by atoms with Gasteiger partial charge in [0, 0.05) is 12.4 Å². The van der Waals surface area contributed by atoms with E-state index in [9.17, 15) is 14.4 Å². The number of hydrogen-bond acceptors (Lipinski definition) is 8. The van der Waals surface area contributed by atoms with Gasteiger partial charge < -0.3 is 14.4 Å². The van der Waals surface area contributed by atoms with E-state index in [-0.39, 0.29) is 19.3 Å². The number of rotatable bonds is 15. The number of benzene rings is 1. The van der Waals surface area contributed by atoms with Gasteiger partial charge in [-0.25, -0.2) is 14.4 Å². The monoisotopic (exact) mass is 498 g/mol. The van der Waals surface area contributed by atoms with Gasteiger partial charge in [-0.05, 0) is 43.5 Å². The van der Waals surface area contributed by atoms with Crippen LogP contribution in [0.2, 0.25) is 0 Å². The summed E-state index contributed by atoms with van der Waals surface area (Å²) in [5.74, 6) is -2.45. The van der Waals surface area contributed by atoms with Crippen molar-refractivity contribution in [2.75, 3.05) is 13.1 Å². The molecule has 1 N–H and O–H groups in total. The number of amides is 2. The van der Waals surface area contributed by atoms with Gasteiger partial charge in [0.2, 0.25) is 0 Å². The zero-order valence-electron chi connectivity index (χ0n) is 20.6. The number of pyridine rings is 1. The molecule has 10 nitrogen and oxygen atoms in total. The molecule has 1 aromatic carbocycles. The van der Waals surface area contributed by atoms with E-state index in [1.807, 2.05) is 37.3 Å². The molecule has 1 aliphatic heterocycles. The Kier molecular flexibility index (Phi) is 11.1. The summed E-state index contributed by atoms with van der Waals surface area (Å²) in [6.07, 6.45) is 8.81. The summed E-state index contributed by atoms with van der Waals surface area (Å²) >= 11 is 0. The number of nitrogens with zero attached hydrogens (tertiary/aromatic N) is 3. The predicted octanol–water partition coefficient (Wildman–Crippen LogP) is 3.73. The SMILES string of the molecule is CC(NCCCCCCCCN1OC(=O)C(=O)ON(Cc2cccnc2)C1=O)OCc1ccccc1. The van der Waals surface area contributed by atoms with Crippen LogP contribution < -0.4 is 5.32 Å². The van der Waals surface area contributed by atoms with Crippen LogP contribution in [-0.4, -0.2) is 52.4 Å². The van der Waals surface area contributed by atoms with E-state index in [4.69, 9.17) is 14.4 Å².